The van der Waals surface area contributed by atoms with Crippen molar-refractivity contribution < 1.29 is 22.7 Å². The molecule has 0 aromatic heterocycles. The highest BCUT2D eigenvalue weighted by atomic mass is 32.2. The van der Waals surface area contributed by atoms with Crippen LogP contribution in [0.25, 0.3) is 0 Å². The van der Waals surface area contributed by atoms with Crippen LogP contribution in [0.4, 0.5) is 11.4 Å². The normalized spacial score (nSPS) is 11.0. The Morgan fingerprint density at radius 3 is 2.19 bits per heavy atom. The van der Waals surface area contributed by atoms with E-state index in [4.69, 9.17) is 9.47 Å². The van der Waals surface area contributed by atoms with Gasteiger partial charge < -0.3 is 14.4 Å². The average molecular weight is 392 g/mol. The molecule has 0 atom stereocenters. The zero-order chi connectivity index (χ0) is 20.0. The molecule has 2 aromatic rings. The molecule has 2 rings (SSSR count). The fourth-order valence-corrected chi connectivity index (χ4v) is 3.98. The molecule has 0 fully saturated rings. The Hall–Kier alpha value is -2.74. The van der Waals surface area contributed by atoms with Crippen LogP contribution in [-0.2, 0) is 14.8 Å². The zero-order valence-electron chi connectivity index (χ0n) is 15.9. The minimum Gasteiger partial charge on any atom is -0.497 e. The number of carbonyl (C=O) groups excluding carboxylic acids is 1. The molecule has 0 bridgehead atoms. The predicted molar refractivity (Wildman–Crippen MR) is 105 cm³/mol. The van der Waals surface area contributed by atoms with Gasteiger partial charge in [0.15, 0.2) is 0 Å². The molecule has 1 N–H and O–H groups in total. The van der Waals surface area contributed by atoms with Gasteiger partial charge in [0.1, 0.15) is 10.6 Å². The Balaban J connectivity index is 2.51. The van der Waals surface area contributed by atoms with Gasteiger partial charge in [-0.2, -0.15) is 0 Å². The first-order chi connectivity index (χ1) is 12.9. The monoisotopic (exact) mass is 392 g/mol. The lowest BCUT2D eigenvalue weighted by Gasteiger charge is -2.24. The second kappa shape index (κ2) is 8.77. The third kappa shape index (κ3) is 4.71. The first-order valence-electron chi connectivity index (χ1n) is 8.50. The number of anilines is 2. The molecule has 0 aliphatic rings. The molecular weight excluding hydrogens is 368 g/mol. The van der Waals surface area contributed by atoms with Crippen molar-refractivity contribution in [2.24, 2.45) is 0 Å². The topological polar surface area (TPSA) is 84.9 Å². The quantitative estimate of drug-likeness (QED) is 0.695. The highest BCUT2D eigenvalue weighted by Gasteiger charge is 2.23. The van der Waals surface area contributed by atoms with E-state index in [1.807, 2.05) is 18.7 Å². The summed E-state index contributed by atoms with van der Waals surface area (Å²) in [4.78, 5) is 13.8. The molecule has 0 amide bonds. The maximum absolute atomic E-state index is 13.1. The fraction of sp³-hybridized carbons (Fsp3) is 0.316. The third-order valence-corrected chi connectivity index (χ3v) is 5.53. The summed E-state index contributed by atoms with van der Waals surface area (Å²) < 4.78 is 38.5. The summed E-state index contributed by atoms with van der Waals surface area (Å²) in [5.41, 5.74) is 1.09. The van der Waals surface area contributed by atoms with Gasteiger partial charge in [0.05, 0.1) is 25.5 Å². The number of methoxy groups -OCH3 is 2. The molecule has 0 heterocycles. The van der Waals surface area contributed by atoms with Crippen LogP contribution in [0.1, 0.15) is 24.2 Å². The molecule has 0 saturated heterocycles. The molecule has 0 spiro atoms. The van der Waals surface area contributed by atoms with Crippen LogP contribution in [-0.4, -0.2) is 41.7 Å². The van der Waals surface area contributed by atoms with Crippen molar-refractivity contribution in [3.8, 4) is 5.75 Å². The lowest BCUT2D eigenvalue weighted by atomic mass is 10.2. The van der Waals surface area contributed by atoms with Crippen LogP contribution in [0.15, 0.2) is 47.4 Å². The minimum absolute atomic E-state index is 0.0184. The lowest BCUT2D eigenvalue weighted by molar-refractivity contribution is 0.0600. The highest BCUT2D eigenvalue weighted by Crippen LogP contribution is 2.29. The Bertz CT molecular complexity index is 891. The summed E-state index contributed by atoms with van der Waals surface area (Å²) in [6.07, 6.45) is 0. The number of rotatable bonds is 8. The zero-order valence-corrected chi connectivity index (χ0v) is 16.7. The summed E-state index contributed by atoms with van der Waals surface area (Å²) in [7, 11) is -1.14. The van der Waals surface area contributed by atoms with Crippen LogP contribution >= 0.6 is 0 Å². The summed E-state index contributed by atoms with van der Waals surface area (Å²) >= 11 is 0. The number of hydrogen-bond donors (Lipinski definition) is 1. The first-order valence-corrected chi connectivity index (χ1v) is 9.98. The number of ether oxygens (including phenoxy) is 2. The maximum Gasteiger partial charge on any atom is 0.337 e. The van der Waals surface area contributed by atoms with E-state index in [9.17, 15) is 13.2 Å². The van der Waals surface area contributed by atoms with Gasteiger partial charge in [0, 0.05) is 18.8 Å². The standard InChI is InChI=1S/C19H24N2O5S/c1-5-21(6-2)17-12-7-14(19(22)26-4)13-18(17)27(23,24)20-15-8-10-16(25-3)11-9-15/h7-13,20H,5-6H2,1-4H3. The van der Waals surface area contributed by atoms with E-state index in [2.05, 4.69) is 4.72 Å². The van der Waals surface area contributed by atoms with E-state index in [1.54, 1.807) is 36.4 Å². The maximum atomic E-state index is 13.1. The molecule has 146 valence electrons. The van der Waals surface area contributed by atoms with E-state index in [0.717, 1.165) is 0 Å². The summed E-state index contributed by atoms with van der Waals surface area (Å²) in [5.74, 6) is 0.0245. The van der Waals surface area contributed by atoms with E-state index < -0.39 is 16.0 Å². The smallest absolute Gasteiger partial charge is 0.337 e. The van der Waals surface area contributed by atoms with Gasteiger partial charge in [0.25, 0.3) is 10.0 Å². The Morgan fingerprint density at radius 2 is 1.67 bits per heavy atom. The first kappa shape index (κ1) is 20.6. The van der Waals surface area contributed by atoms with Crippen molar-refractivity contribution in [3.63, 3.8) is 0 Å². The summed E-state index contributed by atoms with van der Waals surface area (Å²) in [6.45, 7) is 5.12. The molecule has 2 aromatic carbocycles. The SMILES string of the molecule is CCN(CC)c1ccc(C(=O)OC)cc1S(=O)(=O)Nc1ccc(OC)cc1. The number of nitrogens with zero attached hydrogens (tertiary/aromatic N) is 1. The second-order valence-corrected chi connectivity index (χ2v) is 7.33. The second-order valence-electron chi connectivity index (χ2n) is 5.68. The third-order valence-electron chi connectivity index (χ3n) is 4.12. The number of esters is 1. The molecular formula is C19H24N2O5S. The number of nitrogens with one attached hydrogen (secondary N) is 1. The van der Waals surface area contributed by atoms with Gasteiger partial charge >= 0.3 is 5.97 Å². The van der Waals surface area contributed by atoms with Crippen LogP contribution in [0.5, 0.6) is 5.75 Å². The molecule has 0 radical (unpaired) electrons. The van der Waals surface area contributed by atoms with Crippen LogP contribution in [0.3, 0.4) is 0 Å². The summed E-state index contributed by atoms with van der Waals surface area (Å²) in [6, 6.07) is 11.1. The molecule has 7 nitrogen and oxygen atoms in total. The molecule has 0 unspecified atom stereocenters. The lowest BCUT2D eigenvalue weighted by Crippen LogP contribution is -2.26. The Kier molecular flexibility index (Phi) is 6.68. The number of benzene rings is 2. The van der Waals surface area contributed by atoms with Crippen molar-refractivity contribution in [1.29, 1.82) is 0 Å². The fourth-order valence-electron chi connectivity index (χ4n) is 2.67. The molecule has 27 heavy (non-hydrogen) atoms. The van der Waals surface area contributed by atoms with E-state index >= 15 is 0 Å². The van der Waals surface area contributed by atoms with Crippen molar-refractivity contribution in [1.82, 2.24) is 0 Å². The molecule has 8 heteroatoms. The predicted octanol–water partition coefficient (Wildman–Crippen LogP) is 3.13. The Morgan fingerprint density at radius 1 is 1.04 bits per heavy atom. The number of hydrogen-bond acceptors (Lipinski definition) is 6. The molecule has 0 saturated carbocycles. The summed E-state index contributed by atoms with van der Waals surface area (Å²) in [5, 5.41) is 0. The van der Waals surface area contributed by atoms with Crippen LogP contribution in [0.2, 0.25) is 0 Å². The average Bonchev–Trinajstić information content (AvgIpc) is 2.68. The number of carbonyl (C=O) groups is 1. The molecule has 0 aliphatic carbocycles. The van der Waals surface area contributed by atoms with Crippen molar-refractivity contribution in [3.05, 3.63) is 48.0 Å². The van der Waals surface area contributed by atoms with Crippen molar-refractivity contribution in [2.75, 3.05) is 36.9 Å². The molecule has 0 aliphatic heterocycles. The van der Waals surface area contributed by atoms with Gasteiger partial charge in [-0.05, 0) is 56.3 Å². The van der Waals surface area contributed by atoms with E-state index in [1.165, 1.54) is 20.3 Å². The number of sulfonamides is 1. The highest BCUT2D eigenvalue weighted by molar-refractivity contribution is 7.92. The van der Waals surface area contributed by atoms with Gasteiger partial charge in [-0.1, -0.05) is 0 Å². The van der Waals surface area contributed by atoms with Crippen molar-refractivity contribution >= 4 is 27.4 Å². The Labute approximate surface area is 160 Å². The van der Waals surface area contributed by atoms with Crippen LogP contribution in [0, 0.1) is 0 Å². The minimum atomic E-state index is -3.93. The van der Waals surface area contributed by atoms with Gasteiger partial charge in [-0.15, -0.1) is 0 Å². The van der Waals surface area contributed by atoms with Crippen molar-refractivity contribution in [2.45, 2.75) is 18.7 Å². The van der Waals surface area contributed by atoms with Gasteiger partial charge in [-0.3, -0.25) is 4.72 Å². The van der Waals surface area contributed by atoms with E-state index in [-0.39, 0.29) is 10.5 Å². The van der Waals surface area contributed by atoms with E-state index in [0.29, 0.717) is 30.2 Å². The van der Waals surface area contributed by atoms with Crippen LogP contribution < -0.4 is 14.4 Å². The largest absolute Gasteiger partial charge is 0.497 e. The van der Waals surface area contributed by atoms with Gasteiger partial charge in [-0.25, -0.2) is 13.2 Å². The van der Waals surface area contributed by atoms with Gasteiger partial charge in [0.2, 0.25) is 0 Å².